The molecule has 0 radical (unpaired) electrons. The number of carbonyl (C=O) groups excluding carboxylic acids is 1. The number of hydrogen-bond acceptors (Lipinski definition) is 2. The normalized spacial score (nSPS) is 11.8. The maximum Gasteiger partial charge on any atom is 0.389 e. The van der Waals surface area contributed by atoms with Crippen LogP contribution in [0.3, 0.4) is 0 Å². The van der Waals surface area contributed by atoms with Crippen LogP contribution < -0.4 is 0 Å². The van der Waals surface area contributed by atoms with Crippen molar-refractivity contribution in [3.05, 3.63) is 41.6 Å². The Kier molecular flexibility index (Phi) is 3.55. The fraction of sp³-hybridized carbons (Fsp3) is 0.286. The first-order valence-electron chi connectivity index (χ1n) is 5.83. The van der Waals surface area contributed by atoms with Gasteiger partial charge in [0.25, 0.3) is 0 Å². The average Bonchev–Trinajstić information content (AvgIpc) is 2.34. The number of aromatic nitrogens is 1. The number of fused-ring (bicyclic) bond motifs is 1. The van der Waals surface area contributed by atoms with E-state index in [2.05, 4.69) is 4.98 Å². The molecule has 2 rings (SSSR count). The van der Waals surface area contributed by atoms with E-state index in [4.69, 9.17) is 0 Å². The molecule has 2 nitrogen and oxygen atoms in total. The zero-order valence-corrected chi connectivity index (χ0v) is 10.3. The van der Waals surface area contributed by atoms with Gasteiger partial charge in [-0.3, -0.25) is 9.78 Å². The monoisotopic (exact) mass is 267 g/mol. The van der Waals surface area contributed by atoms with Crippen LogP contribution in [-0.2, 0) is 0 Å². The summed E-state index contributed by atoms with van der Waals surface area (Å²) in [5, 5.41) is 0.597. The third-order valence-electron chi connectivity index (χ3n) is 2.78. The van der Waals surface area contributed by atoms with Crippen LogP contribution in [0, 0.1) is 6.92 Å². The molecule has 19 heavy (non-hydrogen) atoms. The van der Waals surface area contributed by atoms with E-state index in [1.807, 2.05) is 0 Å². The van der Waals surface area contributed by atoms with Gasteiger partial charge in [0.2, 0.25) is 0 Å². The summed E-state index contributed by atoms with van der Waals surface area (Å²) in [7, 11) is 0. The third-order valence-corrected chi connectivity index (χ3v) is 2.78. The molecule has 0 fully saturated rings. The number of pyridine rings is 1. The largest absolute Gasteiger partial charge is 0.389 e. The zero-order chi connectivity index (χ0) is 14.0. The SMILES string of the molecule is Cc1cc(C(=O)CCC(F)(F)F)c2ccccc2n1. The smallest absolute Gasteiger partial charge is 0.294 e. The number of benzene rings is 1. The van der Waals surface area contributed by atoms with Crippen molar-refractivity contribution in [2.45, 2.75) is 25.9 Å². The second-order valence-electron chi connectivity index (χ2n) is 4.37. The molecule has 0 aliphatic carbocycles. The standard InChI is InChI=1S/C14H12F3NO/c1-9-8-11(13(19)6-7-14(15,16)17)10-4-2-3-5-12(10)18-9/h2-5,8H,6-7H2,1H3. The number of aryl methyl sites for hydroxylation is 1. The Hall–Kier alpha value is -1.91. The van der Waals surface area contributed by atoms with Crippen LogP contribution >= 0.6 is 0 Å². The van der Waals surface area contributed by atoms with E-state index in [1.165, 1.54) is 0 Å². The molecule has 0 bridgehead atoms. The molecule has 100 valence electrons. The van der Waals surface area contributed by atoms with Crippen LogP contribution in [0.1, 0.15) is 28.9 Å². The van der Waals surface area contributed by atoms with E-state index in [0.717, 1.165) is 0 Å². The van der Waals surface area contributed by atoms with Crippen molar-refractivity contribution in [3.8, 4) is 0 Å². The highest BCUT2D eigenvalue weighted by atomic mass is 19.4. The summed E-state index contributed by atoms with van der Waals surface area (Å²) >= 11 is 0. The summed E-state index contributed by atoms with van der Waals surface area (Å²) in [6.07, 6.45) is -5.94. The fourth-order valence-electron chi connectivity index (χ4n) is 1.93. The lowest BCUT2D eigenvalue weighted by Gasteiger charge is -2.08. The summed E-state index contributed by atoms with van der Waals surface area (Å²) in [4.78, 5) is 16.2. The molecular formula is C14H12F3NO. The molecule has 0 atom stereocenters. The summed E-state index contributed by atoms with van der Waals surface area (Å²) in [5.74, 6) is -0.501. The molecule has 0 saturated carbocycles. The number of halogens is 3. The topological polar surface area (TPSA) is 30.0 Å². The minimum Gasteiger partial charge on any atom is -0.294 e. The van der Waals surface area contributed by atoms with Crippen LogP contribution in [0.25, 0.3) is 10.9 Å². The lowest BCUT2D eigenvalue weighted by molar-refractivity contribution is -0.133. The van der Waals surface area contributed by atoms with Gasteiger partial charge in [0.1, 0.15) is 0 Å². The van der Waals surface area contributed by atoms with Gasteiger partial charge < -0.3 is 0 Å². The summed E-state index contributed by atoms with van der Waals surface area (Å²) < 4.78 is 36.5. The Morgan fingerprint density at radius 1 is 1.26 bits per heavy atom. The Morgan fingerprint density at radius 3 is 2.63 bits per heavy atom. The van der Waals surface area contributed by atoms with Gasteiger partial charge in [-0.05, 0) is 19.1 Å². The van der Waals surface area contributed by atoms with Crippen molar-refractivity contribution < 1.29 is 18.0 Å². The summed E-state index contributed by atoms with van der Waals surface area (Å²) in [5.41, 5.74) is 1.55. The highest BCUT2D eigenvalue weighted by Crippen LogP contribution is 2.25. The van der Waals surface area contributed by atoms with Gasteiger partial charge in [-0.2, -0.15) is 13.2 Å². The molecule has 1 heterocycles. The van der Waals surface area contributed by atoms with E-state index < -0.39 is 24.8 Å². The number of rotatable bonds is 3. The number of alkyl halides is 3. The van der Waals surface area contributed by atoms with Crippen LogP contribution in [-0.4, -0.2) is 16.9 Å². The lowest BCUT2D eigenvalue weighted by Crippen LogP contribution is -2.11. The molecule has 0 amide bonds. The molecule has 0 aliphatic rings. The second kappa shape index (κ2) is 4.99. The Labute approximate surface area is 108 Å². The maximum atomic E-state index is 12.2. The molecule has 1 aromatic heterocycles. The van der Waals surface area contributed by atoms with Crippen molar-refractivity contribution in [2.75, 3.05) is 0 Å². The third kappa shape index (κ3) is 3.30. The molecule has 2 aromatic rings. The number of para-hydroxylation sites is 1. The van der Waals surface area contributed by atoms with Crippen LogP contribution in [0.2, 0.25) is 0 Å². The number of ketones is 1. The van der Waals surface area contributed by atoms with Crippen LogP contribution in [0.5, 0.6) is 0 Å². The quantitative estimate of drug-likeness (QED) is 0.785. The first-order valence-corrected chi connectivity index (χ1v) is 5.83. The highest BCUT2D eigenvalue weighted by Gasteiger charge is 2.28. The van der Waals surface area contributed by atoms with Crippen molar-refractivity contribution in [3.63, 3.8) is 0 Å². The molecular weight excluding hydrogens is 255 g/mol. The minimum absolute atomic E-state index is 0.312. The van der Waals surface area contributed by atoms with Crippen LogP contribution in [0.15, 0.2) is 30.3 Å². The predicted octanol–water partition coefficient (Wildman–Crippen LogP) is 4.07. The van der Waals surface area contributed by atoms with E-state index in [9.17, 15) is 18.0 Å². The van der Waals surface area contributed by atoms with Gasteiger partial charge in [-0.1, -0.05) is 18.2 Å². The summed E-state index contributed by atoms with van der Waals surface area (Å²) in [6.45, 7) is 1.72. The van der Waals surface area contributed by atoms with E-state index >= 15 is 0 Å². The Bertz CT molecular complexity index is 620. The number of Topliss-reactive ketones (excluding diaryl/α,β-unsaturated/α-hetero) is 1. The van der Waals surface area contributed by atoms with E-state index in [-0.39, 0.29) is 0 Å². The second-order valence-corrected chi connectivity index (χ2v) is 4.37. The molecule has 0 unspecified atom stereocenters. The first-order chi connectivity index (χ1) is 8.87. The van der Waals surface area contributed by atoms with Crippen molar-refractivity contribution in [1.29, 1.82) is 0 Å². The molecule has 1 aromatic carbocycles. The number of nitrogens with zero attached hydrogens (tertiary/aromatic N) is 1. The number of carbonyl (C=O) groups is 1. The highest BCUT2D eigenvalue weighted by molar-refractivity contribution is 6.07. The van der Waals surface area contributed by atoms with E-state index in [1.54, 1.807) is 37.3 Å². The fourth-order valence-corrected chi connectivity index (χ4v) is 1.93. The maximum absolute atomic E-state index is 12.2. The molecule has 0 aliphatic heterocycles. The van der Waals surface area contributed by atoms with Gasteiger partial charge >= 0.3 is 6.18 Å². The first kappa shape index (κ1) is 13.5. The van der Waals surface area contributed by atoms with Gasteiger partial charge in [-0.25, -0.2) is 0 Å². The van der Waals surface area contributed by atoms with E-state index in [0.29, 0.717) is 22.2 Å². The van der Waals surface area contributed by atoms with Gasteiger partial charge in [-0.15, -0.1) is 0 Å². The molecule has 5 heteroatoms. The molecule has 0 N–H and O–H groups in total. The van der Waals surface area contributed by atoms with Crippen molar-refractivity contribution in [1.82, 2.24) is 4.98 Å². The zero-order valence-electron chi connectivity index (χ0n) is 10.3. The predicted molar refractivity (Wildman–Crippen MR) is 66.1 cm³/mol. The molecule has 0 spiro atoms. The lowest BCUT2D eigenvalue weighted by atomic mass is 10.0. The average molecular weight is 267 g/mol. The van der Waals surface area contributed by atoms with Gasteiger partial charge in [0.05, 0.1) is 11.9 Å². The molecule has 0 saturated heterocycles. The minimum atomic E-state index is -4.31. The van der Waals surface area contributed by atoms with Crippen molar-refractivity contribution in [2.24, 2.45) is 0 Å². The number of hydrogen-bond donors (Lipinski definition) is 0. The Morgan fingerprint density at radius 2 is 1.95 bits per heavy atom. The van der Waals surface area contributed by atoms with Gasteiger partial charge in [0, 0.05) is 23.1 Å². The van der Waals surface area contributed by atoms with Crippen LogP contribution in [0.4, 0.5) is 13.2 Å². The van der Waals surface area contributed by atoms with Gasteiger partial charge in [0.15, 0.2) is 5.78 Å². The summed E-state index contributed by atoms with van der Waals surface area (Å²) in [6, 6.07) is 8.49. The Balaban J connectivity index is 2.36. The van der Waals surface area contributed by atoms with Crippen molar-refractivity contribution >= 4 is 16.7 Å².